The fraction of sp³-hybridized carbons (Fsp3) is 0.286. The Morgan fingerprint density at radius 1 is 1.14 bits per heavy atom. The van der Waals surface area contributed by atoms with Crippen LogP contribution in [0.3, 0.4) is 0 Å². The summed E-state index contributed by atoms with van der Waals surface area (Å²) in [5.41, 5.74) is 2.94. The van der Waals surface area contributed by atoms with Crippen molar-refractivity contribution in [3.05, 3.63) is 77.1 Å². The van der Waals surface area contributed by atoms with Crippen LogP contribution in [-0.2, 0) is 13.5 Å². The molecule has 1 aliphatic carbocycles. The summed E-state index contributed by atoms with van der Waals surface area (Å²) in [7, 11) is 1.93. The second-order valence-electron chi connectivity index (χ2n) is 6.97. The highest BCUT2D eigenvalue weighted by Crippen LogP contribution is 2.59. The van der Waals surface area contributed by atoms with Gasteiger partial charge in [0.15, 0.2) is 10.9 Å². The van der Waals surface area contributed by atoms with E-state index in [-0.39, 0.29) is 11.7 Å². The Kier molecular flexibility index (Phi) is 5.50. The zero-order valence-electron chi connectivity index (χ0n) is 15.3. The third-order valence-corrected chi connectivity index (χ3v) is 6.78. The van der Waals surface area contributed by atoms with Gasteiger partial charge in [0.1, 0.15) is 10.2 Å². The van der Waals surface area contributed by atoms with Crippen LogP contribution < -0.4 is 0 Å². The number of ketones is 1. The minimum absolute atomic E-state index is 0.0583. The lowest BCUT2D eigenvalue weighted by atomic mass is 10.1. The van der Waals surface area contributed by atoms with Crippen molar-refractivity contribution < 1.29 is 4.79 Å². The number of rotatable bonds is 7. The van der Waals surface area contributed by atoms with E-state index in [0.717, 1.165) is 23.0 Å². The van der Waals surface area contributed by atoms with Crippen molar-refractivity contribution in [2.24, 2.45) is 7.05 Å². The third-order valence-electron chi connectivity index (χ3n) is 4.92. The van der Waals surface area contributed by atoms with Gasteiger partial charge >= 0.3 is 0 Å². The summed E-state index contributed by atoms with van der Waals surface area (Å²) in [6.45, 7) is 0. The Morgan fingerprint density at radius 2 is 1.82 bits per heavy atom. The number of thioether (sulfide) groups is 1. The molecule has 1 aromatic heterocycles. The van der Waals surface area contributed by atoms with Crippen LogP contribution in [0.4, 0.5) is 0 Å². The number of benzene rings is 2. The second kappa shape index (κ2) is 7.90. The van der Waals surface area contributed by atoms with Crippen LogP contribution in [-0.4, -0.2) is 30.6 Å². The molecule has 7 heteroatoms. The quantitative estimate of drug-likeness (QED) is 0.298. The lowest BCUT2D eigenvalue weighted by molar-refractivity contribution is 0.102. The number of aromatic nitrogens is 3. The van der Waals surface area contributed by atoms with Gasteiger partial charge < -0.3 is 4.57 Å². The molecule has 0 aliphatic heterocycles. The van der Waals surface area contributed by atoms with Crippen molar-refractivity contribution in [2.75, 3.05) is 5.75 Å². The Balaban J connectivity index is 1.36. The van der Waals surface area contributed by atoms with Crippen molar-refractivity contribution in [1.82, 2.24) is 14.8 Å². The maximum atomic E-state index is 12.5. The number of carbonyl (C=O) groups is 1. The van der Waals surface area contributed by atoms with Gasteiger partial charge in [0.05, 0.1) is 5.75 Å². The van der Waals surface area contributed by atoms with E-state index in [0.29, 0.717) is 17.7 Å². The number of nitrogens with zero attached hydrogens (tertiary/aromatic N) is 3. The molecule has 4 nitrogen and oxygen atoms in total. The van der Waals surface area contributed by atoms with Crippen LogP contribution in [0, 0.1) is 0 Å². The van der Waals surface area contributed by atoms with Gasteiger partial charge in [-0.05, 0) is 17.5 Å². The van der Waals surface area contributed by atoms with Gasteiger partial charge in [-0.1, -0.05) is 66.4 Å². The largest absolute Gasteiger partial charge is 0.309 e. The molecule has 28 heavy (non-hydrogen) atoms. The molecule has 1 saturated carbocycles. The number of carbonyl (C=O) groups excluding carboxylic acids is 1. The van der Waals surface area contributed by atoms with Crippen LogP contribution in [0.2, 0.25) is 0 Å². The molecule has 3 aromatic rings. The molecular formula is C21H19Cl2N3OS. The minimum atomic E-state index is -0.649. The first-order chi connectivity index (χ1) is 13.4. The summed E-state index contributed by atoms with van der Waals surface area (Å²) < 4.78 is 1.30. The van der Waals surface area contributed by atoms with E-state index in [2.05, 4.69) is 22.3 Å². The van der Waals surface area contributed by atoms with Gasteiger partial charge in [0, 0.05) is 24.9 Å². The predicted molar refractivity (Wildman–Crippen MR) is 114 cm³/mol. The molecule has 0 amide bonds. The molecule has 0 saturated heterocycles. The maximum absolute atomic E-state index is 12.5. The number of halogens is 2. The molecular weight excluding hydrogens is 413 g/mol. The van der Waals surface area contributed by atoms with E-state index in [1.807, 2.05) is 54.1 Å². The zero-order chi connectivity index (χ0) is 19.7. The van der Waals surface area contributed by atoms with E-state index in [4.69, 9.17) is 23.2 Å². The second-order valence-corrected chi connectivity index (χ2v) is 9.46. The fourth-order valence-corrected chi connectivity index (χ4v) is 4.48. The lowest BCUT2D eigenvalue weighted by Crippen LogP contribution is -2.05. The SMILES string of the molecule is Cn1c(Cc2ccccc2)nnc1SCC(=O)c1ccc(C2CC2(Cl)Cl)cc1. The van der Waals surface area contributed by atoms with Crippen molar-refractivity contribution in [3.63, 3.8) is 0 Å². The van der Waals surface area contributed by atoms with Crippen molar-refractivity contribution in [2.45, 2.75) is 28.2 Å². The molecule has 1 heterocycles. The van der Waals surface area contributed by atoms with Gasteiger partial charge in [-0.3, -0.25) is 4.79 Å². The normalized spacial score (nSPS) is 17.5. The Morgan fingerprint density at radius 3 is 2.46 bits per heavy atom. The monoisotopic (exact) mass is 431 g/mol. The van der Waals surface area contributed by atoms with E-state index >= 15 is 0 Å². The Hall–Kier alpha value is -1.82. The molecule has 0 N–H and O–H groups in total. The molecule has 1 fully saturated rings. The first kappa shape index (κ1) is 19.5. The van der Waals surface area contributed by atoms with Crippen LogP contribution >= 0.6 is 35.0 Å². The summed E-state index contributed by atoms with van der Waals surface area (Å²) in [4.78, 5) is 12.5. The molecule has 0 spiro atoms. The number of hydrogen-bond donors (Lipinski definition) is 0. The molecule has 2 aromatic carbocycles. The van der Waals surface area contributed by atoms with Gasteiger partial charge in [-0.25, -0.2) is 0 Å². The lowest BCUT2D eigenvalue weighted by Gasteiger charge is -2.05. The summed E-state index contributed by atoms with van der Waals surface area (Å²) >= 11 is 13.6. The molecule has 1 atom stereocenters. The molecule has 144 valence electrons. The fourth-order valence-electron chi connectivity index (χ4n) is 3.09. The standard InChI is InChI=1S/C21H19Cl2N3OS/c1-26-19(11-14-5-3-2-4-6-14)24-25-20(26)28-13-18(27)16-9-7-15(8-10-16)17-12-21(17,22)23/h2-10,17H,11-13H2,1H3. The highest BCUT2D eigenvalue weighted by Gasteiger charge is 2.52. The Bertz CT molecular complexity index is 987. The first-order valence-corrected chi connectivity index (χ1v) is 10.7. The van der Waals surface area contributed by atoms with Crippen LogP contribution in [0.5, 0.6) is 0 Å². The summed E-state index contributed by atoms with van der Waals surface area (Å²) in [5.74, 6) is 1.41. The topological polar surface area (TPSA) is 47.8 Å². The number of hydrogen-bond acceptors (Lipinski definition) is 4. The highest BCUT2D eigenvalue weighted by atomic mass is 35.5. The number of Topliss-reactive ketones (excluding diaryl/α,β-unsaturated/α-hetero) is 1. The number of alkyl halides is 2. The van der Waals surface area contributed by atoms with Gasteiger partial charge in [0.2, 0.25) is 0 Å². The van der Waals surface area contributed by atoms with E-state index < -0.39 is 4.33 Å². The average molecular weight is 432 g/mol. The third kappa shape index (κ3) is 4.27. The van der Waals surface area contributed by atoms with Crippen molar-refractivity contribution in [1.29, 1.82) is 0 Å². The molecule has 0 radical (unpaired) electrons. The van der Waals surface area contributed by atoms with Crippen LogP contribution in [0.1, 0.15) is 39.6 Å². The summed E-state index contributed by atoms with van der Waals surface area (Å²) in [5, 5.41) is 9.24. The minimum Gasteiger partial charge on any atom is -0.309 e. The predicted octanol–water partition coefficient (Wildman–Crippen LogP) is 5.04. The van der Waals surface area contributed by atoms with Crippen molar-refractivity contribution in [3.8, 4) is 0 Å². The van der Waals surface area contributed by atoms with Crippen molar-refractivity contribution >= 4 is 40.7 Å². The maximum Gasteiger partial charge on any atom is 0.191 e. The summed E-state index contributed by atoms with van der Waals surface area (Å²) in [6.07, 6.45) is 1.47. The molecule has 1 aliphatic rings. The molecule has 4 rings (SSSR count). The van der Waals surface area contributed by atoms with Gasteiger partial charge in [0.25, 0.3) is 0 Å². The van der Waals surface area contributed by atoms with Gasteiger partial charge in [-0.2, -0.15) is 0 Å². The van der Waals surface area contributed by atoms with E-state index in [9.17, 15) is 4.79 Å². The zero-order valence-corrected chi connectivity index (χ0v) is 17.6. The van der Waals surface area contributed by atoms with E-state index in [1.165, 1.54) is 17.3 Å². The average Bonchev–Trinajstić information content (AvgIpc) is 3.21. The van der Waals surface area contributed by atoms with Crippen LogP contribution in [0.15, 0.2) is 59.8 Å². The van der Waals surface area contributed by atoms with E-state index in [1.54, 1.807) is 0 Å². The first-order valence-electron chi connectivity index (χ1n) is 9.00. The molecule has 0 bridgehead atoms. The van der Waals surface area contributed by atoms with Gasteiger partial charge in [-0.15, -0.1) is 33.4 Å². The molecule has 1 unspecified atom stereocenters. The smallest absolute Gasteiger partial charge is 0.191 e. The highest BCUT2D eigenvalue weighted by molar-refractivity contribution is 7.99. The summed E-state index contributed by atoms with van der Waals surface area (Å²) in [6, 6.07) is 17.7. The Labute approximate surface area is 178 Å². The van der Waals surface area contributed by atoms with Crippen LogP contribution in [0.25, 0.3) is 0 Å².